The molecule has 2 aliphatic rings. The molecule has 1 aromatic heterocycles. The minimum absolute atomic E-state index is 0.00429. The van der Waals surface area contributed by atoms with Gasteiger partial charge in [0, 0.05) is 17.5 Å². The van der Waals surface area contributed by atoms with Crippen molar-refractivity contribution in [2.24, 2.45) is 5.92 Å². The minimum Gasteiger partial charge on any atom is -0.465 e. The van der Waals surface area contributed by atoms with Gasteiger partial charge in [0.05, 0.1) is 23.5 Å². The smallest absolute Gasteiger partial charge is 0.407 e. The second kappa shape index (κ2) is 10.2. The molecule has 38 heavy (non-hydrogen) atoms. The first kappa shape index (κ1) is 25.8. The quantitative estimate of drug-likeness (QED) is 0.403. The second-order valence-corrected chi connectivity index (χ2v) is 11.7. The molecule has 3 heterocycles. The molecule has 2 saturated heterocycles. The van der Waals surface area contributed by atoms with Crippen LogP contribution in [0.5, 0.6) is 0 Å². The molecule has 4 atom stereocenters. The average Bonchev–Trinajstić information content (AvgIpc) is 3.44. The van der Waals surface area contributed by atoms with Crippen molar-refractivity contribution in [2.75, 3.05) is 5.32 Å². The van der Waals surface area contributed by atoms with Gasteiger partial charge in [0.15, 0.2) is 0 Å². The molecule has 0 aliphatic carbocycles. The van der Waals surface area contributed by atoms with E-state index >= 15 is 0 Å². The zero-order valence-corrected chi connectivity index (χ0v) is 22.5. The summed E-state index contributed by atoms with van der Waals surface area (Å²) in [5.41, 5.74) is 3.86. The van der Waals surface area contributed by atoms with Crippen molar-refractivity contribution in [2.45, 2.75) is 76.9 Å². The molecule has 4 unspecified atom stereocenters. The lowest BCUT2D eigenvalue weighted by Crippen LogP contribution is -2.60. The first-order valence-electron chi connectivity index (χ1n) is 13.4. The van der Waals surface area contributed by atoms with E-state index in [-0.39, 0.29) is 35.5 Å². The summed E-state index contributed by atoms with van der Waals surface area (Å²) in [5.74, 6) is 0.717. The number of anilines is 1. The maximum atomic E-state index is 13.5. The van der Waals surface area contributed by atoms with Crippen LogP contribution in [-0.2, 0) is 11.8 Å². The Hall–Kier alpha value is -3.81. The second-order valence-electron chi connectivity index (χ2n) is 11.7. The molecule has 2 aliphatic heterocycles. The molecular formula is C30H37N5O3. The van der Waals surface area contributed by atoms with Crippen LogP contribution >= 0.6 is 0 Å². The fourth-order valence-electron chi connectivity index (χ4n) is 5.97. The fourth-order valence-corrected chi connectivity index (χ4v) is 5.97. The largest absolute Gasteiger partial charge is 0.465 e. The van der Waals surface area contributed by atoms with E-state index in [0.717, 1.165) is 42.6 Å². The normalized spacial score (nSPS) is 22.8. The lowest BCUT2D eigenvalue weighted by Gasteiger charge is -2.43. The third-order valence-electron chi connectivity index (χ3n) is 7.90. The molecule has 8 nitrogen and oxygen atoms in total. The zero-order valence-electron chi connectivity index (χ0n) is 22.5. The molecule has 3 amide bonds. The number of carbonyl (C=O) groups is 2. The van der Waals surface area contributed by atoms with Gasteiger partial charge in [-0.2, -0.15) is 5.10 Å². The lowest BCUT2D eigenvalue weighted by molar-refractivity contribution is 0.0651. The van der Waals surface area contributed by atoms with Gasteiger partial charge >= 0.3 is 12.1 Å². The highest BCUT2D eigenvalue weighted by molar-refractivity contribution is 5.89. The topological polar surface area (TPSA) is 99.5 Å². The third kappa shape index (κ3) is 5.26. The van der Waals surface area contributed by atoms with Crippen molar-refractivity contribution in [1.29, 1.82) is 0 Å². The molecule has 5 rings (SSSR count). The van der Waals surface area contributed by atoms with E-state index in [1.54, 1.807) is 9.58 Å². The Kier molecular flexibility index (Phi) is 6.90. The Balaban J connectivity index is 1.41. The van der Waals surface area contributed by atoms with Gasteiger partial charge in [-0.25, -0.2) is 14.3 Å². The number of hydrogen-bond donors (Lipinski definition) is 3. The minimum atomic E-state index is -0.907. The monoisotopic (exact) mass is 515 g/mol. The molecule has 3 N–H and O–H groups in total. The fraction of sp³-hybridized carbons (Fsp3) is 0.433. The van der Waals surface area contributed by atoms with Crippen LogP contribution in [-0.4, -0.2) is 50.0 Å². The Morgan fingerprint density at radius 1 is 1.05 bits per heavy atom. The van der Waals surface area contributed by atoms with Gasteiger partial charge in [0.1, 0.15) is 5.82 Å². The highest BCUT2D eigenvalue weighted by Gasteiger charge is 2.49. The predicted octanol–water partition coefficient (Wildman–Crippen LogP) is 5.74. The van der Waals surface area contributed by atoms with Crippen molar-refractivity contribution in [3.63, 3.8) is 0 Å². The Morgan fingerprint density at radius 2 is 1.76 bits per heavy atom. The molecular weight excluding hydrogens is 478 g/mol. The number of aryl methyl sites for hydroxylation is 1. The Morgan fingerprint density at radius 3 is 2.42 bits per heavy atom. The SMILES string of the molecule is Cc1ccc(-n2nc(C(C)(C)C)cc2NC(=O)NC2C(Cc3ccccc3)CC3CCC2N3C(=O)O)cc1. The van der Waals surface area contributed by atoms with Crippen molar-refractivity contribution >= 4 is 17.9 Å². The molecule has 0 saturated carbocycles. The summed E-state index contributed by atoms with van der Waals surface area (Å²) in [6, 6.07) is 19.3. The van der Waals surface area contributed by atoms with Gasteiger partial charge in [-0.1, -0.05) is 68.8 Å². The van der Waals surface area contributed by atoms with Crippen LogP contribution in [0.2, 0.25) is 0 Å². The highest BCUT2D eigenvalue weighted by Crippen LogP contribution is 2.40. The summed E-state index contributed by atoms with van der Waals surface area (Å²) in [7, 11) is 0. The predicted molar refractivity (Wildman–Crippen MR) is 148 cm³/mol. The Bertz CT molecular complexity index is 1300. The number of aromatic nitrogens is 2. The summed E-state index contributed by atoms with van der Waals surface area (Å²) in [6.45, 7) is 8.30. The first-order chi connectivity index (χ1) is 18.1. The molecule has 0 radical (unpaired) electrons. The molecule has 200 valence electrons. The van der Waals surface area contributed by atoms with E-state index in [1.165, 1.54) is 5.56 Å². The summed E-state index contributed by atoms with van der Waals surface area (Å²) >= 11 is 0. The third-order valence-corrected chi connectivity index (χ3v) is 7.90. The van der Waals surface area contributed by atoms with Crippen LogP contribution in [0.25, 0.3) is 5.69 Å². The standard InChI is InChI=1S/C30H37N5O3/c1-19-10-12-22(13-11-19)35-26(18-25(33-35)30(2,3)4)31-28(36)32-27-21(16-20-8-6-5-7-9-20)17-23-14-15-24(27)34(23)29(37)38/h5-13,18,21,23-24,27H,14-17H2,1-4H3,(H,37,38)(H2,31,32,36). The van der Waals surface area contributed by atoms with Crippen LogP contribution in [0.1, 0.15) is 56.9 Å². The van der Waals surface area contributed by atoms with E-state index < -0.39 is 6.09 Å². The number of nitrogens with zero attached hydrogens (tertiary/aromatic N) is 3. The van der Waals surface area contributed by atoms with Gasteiger partial charge in [0.2, 0.25) is 0 Å². The van der Waals surface area contributed by atoms with E-state index in [1.807, 2.05) is 55.5 Å². The molecule has 2 bridgehead atoms. The number of carboxylic acid groups (broad SMARTS) is 1. The molecule has 0 spiro atoms. The first-order valence-corrected chi connectivity index (χ1v) is 13.4. The maximum absolute atomic E-state index is 13.5. The van der Waals surface area contributed by atoms with Gasteiger partial charge in [0.25, 0.3) is 0 Å². The lowest BCUT2D eigenvalue weighted by atomic mass is 9.81. The number of fused-ring (bicyclic) bond motifs is 2. The number of urea groups is 1. The zero-order chi connectivity index (χ0) is 27.0. The summed E-state index contributed by atoms with van der Waals surface area (Å²) in [5, 5.41) is 21.0. The number of piperidine rings is 1. The number of hydrogen-bond acceptors (Lipinski definition) is 3. The molecule has 8 heteroatoms. The van der Waals surface area contributed by atoms with Gasteiger partial charge in [-0.3, -0.25) is 5.32 Å². The van der Waals surface area contributed by atoms with Crippen LogP contribution in [0.3, 0.4) is 0 Å². The van der Waals surface area contributed by atoms with Crippen molar-refractivity contribution < 1.29 is 14.7 Å². The number of benzene rings is 2. The van der Waals surface area contributed by atoms with E-state index in [9.17, 15) is 14.7 Å². The number of rotatable bonds is 5. The van der Waals surface area contributed by atoms with Gasteiger partial charge in [-0.15, -0.1) is 0 Å². The van der Waals surface area contributed by atoms with Crippen LogP contribution in [0, 0.1) is 12.8 Å². The van der Waals surface area contributed by atoms with Crippen molar-refractivity contribution in [1.82, 2.24) is 20.0 Å². The van der Waals surface area contributed by atoms with Crippen LogP contribution < -0.4 is 10.6 Å². The average molecular weight is 516 g/mol. The Labute approximate surface area is 224 Å². The van der Waals surface area contributed by atoms with Crippen LogP contribution in [0.15, 0.2) is 60.7 Å². The maximum Gasteiger partial charge on any atom is 0.407 e. The van der Waals surface area contributed by atoms with E-state index in [0.29, 0.717) is 5.82 Å². The number of nitrogens with one attached hydrogen (secondary N) is 2. The summed E-state index contributed by atoms with van der Waals surface area (Å²) in [4.78, 5) is 27.2. The van der Waals surface area contributed by atoms with E-state index in [4.69, 9.17) is 5.10 Å². The summed E-state index contributed by atoms with van der Waals surface area (Å²) < 4.78 is 1.76. The molecule has 2 aromatic carbocycles. The summed E-state index contributed by atoms with van der Waals surface area (Å²) in [6.07, 6.45) is 2.20. The van der Waals surface area contributed by atoms with E-state index in [2.05, 4.69) is 43.5 Å². The van der Waals surface area contributed by atoms with Crippen molar-refractivity contribution in [3.05, 3.63) is 77.5 Å². The highest BCUT2D eigenvalue weighted by atomic mass is 16.4. The van der Waals surface area contributed by atoms with Gasteiger partial charge < -0.3 is 15.3 Å². The molecule has 2 fully saturated rings. The molecule has 3 aromatic rings. The number of carbonyl (C=O) groups excluding carboxylic acids is 1. The number of amides is 3. The van der Waals surface area contributed by atoms with Crippen molar-refractivity contribution in [3.8, 4) is 5.69 Å². The van der Waals surface area contributed by atoms with Crippen LogP contribution in [0.4, 0.5) is 15.4 Å². The van der Waals surface area contributed by atoms with Gasteiger partial charge in [-0.05, 0) is 56.2 Å².